The smallest absolute Gasteiger partial charge is 0.123 e. The lowest BCUT2D eigenvalue weighted by Crippen LogP contribution is -2.49. The van der Waals surface area contributed by atoms with Gasteiger partial charge in [-0.05, 0) is 6.42 Å². The molecule has 1 N–H and O–H groups in total. The van der Waals surface area contributed by atoms with Gasteiger partial charge in [-0.15, -0.1) is 11.3 Å². The lowest BCUT2D eigenvalue weighted by atomic mass is 10.2. The highest BCUT2D eigenvalue weighted by Crippen LogP contribution is 2.27. The van der Waals surface area contributed by atoms with Crippen LogP contribution in [0.5, 0.6) is 0 Å². The van der Waals surface area contributed by atoms with Gasteiger partial charge < -0.3 is 5.32 Å². The molecule has 2 aliphatic rings. The third-order valence-electron chi connectivity index (χ3n) is 4.87. The summed E-state index contributed by atoms with van der Waals surface area (Å²) < 4.78 is 0. The van der Waals surface area contributed by atoms with Gasteiger partial charge in [0.15, 0.2) is 0 Å². The van der Waals surface area contributed by atoms with Gasteiger partial charge in [-0.25, -0.2) is 4.98 Å². The SMILES string of the molecule is c1ccc(-c2ncc(CN3CCC(N4CCNCC4)C3)s2)cc1. The van der Waals surface area contributed by atoms with Crippen LogP contribution in [0.4, 0.5) is 0 Å². The molecule has 0 aliphatic carbocycles. The first kappa shape index (κ1) is 15.3. The Morgan fingerprint density at radius 2 is 1.96 bits per heavy atom. The topological polar surface area (TPSA) is 31.4 Å². The molecule has 4 rings (SSSR count). The molecule has 2 aliphatic heterocycles. The molecule has 5 heteroatoms. The first-order valence-corrected chi connectivity index (χ1v) is 9.37. The average Bonchev–Trinajstić information content (AvgIpc) is 3.27. The molecule has 2 saturated heterocycles. The van der Waals surface area contributed by atoms with E-state index in [1.54, 1.807) is 0 Å². The molecule has 3 heterocycles. The zero-order valence-corrected chi connectivity index (χ0v) is 14.3. The predicted molar refractivity (Wildman–Crippen MR) is 95.7 cm³/mol. The number of hydrogen-bond donors (Lipinski definition) is 1. The Bertz CT molecular complexity index is 621. The van der Waals surface area contributed by atoms with Gasteiger partial charge in [-0.1, -0.05) is 30.3 Å². The first-order chi connectivity index (χ1) is 11.4. The van der Waals surface area contributed by atoms with Crippen molar-refractivity contribution in [2.75, 3.05) is 39.3 Å². The molecule has 0 amide bonds. The number of rotatable bonds is 4. The van der Waals surface area contributed by atoms with Gasteiger partial charge in [-0.2, -0.15) is 0 Å². The van der Waals surface area contributed by atoms with Crippen molar-refractivity contribution in [2.24, 2.45) is 0 Å². The fraction of sp³-hybridized carbons (Fsp3) is 0.500. The second kappa shape index (κ2) is 7.09. The molecule has 2 fully saturated rings. The number of nitrogens with one attached hydrogen (secondary N) is 1. The van der Waals surface area contributed by atoms with Gasteiger partial charge in [0.1, 0.15) is 5.01 Å². The number of benzene rings is 1. The van der Waals surface area contributed by atoms with E-state index in [9.17, 15) is 0 Å². The van der Waals surface area contributed by atoms with Crippen molar-refractivity contribution < 1.29 is 0 Å². The molecule has 4 nitrogen and oxygen atoms in total. The average molecular weight is 328 g/mol. The van der Waals surface area contributed by atoms with Crippen LogP contribution in [0.15, 0.2) is 36.5 Å². The van der Waals surface area contributed by atoms with Gasteiger partial charge in [-0.3, -0.25) is 9.80 Å². The number of likely N-dealkylation sites (tertiary alicyclic amines) is 1. The summed E-state index contributed by atoms with van der Waals surface area (Å²) in [6, 6.07) is 11.2. The molecular formula is C18H24N4S. The van der Waals surface area contributed by atoms with Crippen molar-refractivity contribution in [3.63, 3.8) is 0 Å². The lowest BCUT2D eigenvalue weighted by Gasteiger charge is -2.32. The fourth-order valence-electron chi connectivity index (χ4n) is 3.62. The quantitative estimate of drug-likeness (QED) is 0.933. The van der Waals surface area contributed by atoms with Gasteiger partial charge >= 0.3 is 0 Å². The van der Waals surface area contributed by atoms with E-state index >= 15 is 0 Å². The van der Waals surface area contributed by atoms with E-state index in [1.165, 1.54) is 43.0 Å². The van der Waals surface area contributed by atoms with Crippen molar-refractivity contribution in [2.45, 2.75) is 19.0 Å². The molecular weight excluding hydrogens is 304 g/mol. The highest BCUT2D eigenvalue weighted by atomic mass is 32.1. The molecule has 0 radical (unpaired) electrons. The Hall–Kier alpha value is -1.27. The van der Waals surface area contributed by atoms with E-state index in [2.05, 4.69) is 56.6 Å². The van der Waals surface area contributed by atoms with Crippen molar-refractivity contribution in [3.05, 3.63) is 41.4 Å². The monoisotopic (exact) mass is 328 g/mol. The predicted octanol–water partition coefficient (Wildman–Crippen LogP) is 2.29. The maximum atomic E-state index is 4.61. The zero-order valence-electron chi connectivity index (χ0n) is 13.4. The van der Waals surface area contributed by atoms with Crippen molar-refractivity contribution in [1.82, 2.24) is 20.1 Å². The first-order valence-electron chi connectivity index (χ1n) is 8.56. The Labute approximate surface area is 142 Å². The molecule has 0 spiro atoms. The highest BCUT2D eigenvalue weighted by Gasteiger charge is 2.28. The van der Waals surface area contributed by atoms with Crippen molar-refractivity contribution in [3.8, 4) is 10.6 Å². The number of hydrogen-bond acceptors (Lipinski definition) is 5. The molecule has 1 unspecified atom stereocenters. The van der Waals surface area contributed by atoms with E-state index < -0.39 is 0 Å². The third-order valence-corrected chi connectivity index (χ3v) is 5.90. The van der Waals surface area contributed by atoms with Gasteiger partial charge in [0.25, 0.3) is 0 Å². The Morgan fingerprint density at radius 1 is 1.13 bits per heavy atom. The van der Waals surface area contributed by atoms with Crippen LogP contribution >= 0.6 is 11.3 Å². The van der Waals surface area contributed by atoms with Gasteiger partial charge in [0.2, 0.25) is 0 Å². The molecule has 1 aromatic carbocycles. The summed E-state index contributed by atoms with van der Waals surface area (Å²) in [6.07, 6.45) is 3.37. The van der Waals surface area contributed by atoms with E-state index in [4.69, 9.17) is 0 Å². The maximum absolute atomic E-state index is 4.61. The lowest BCUT2D eigenvalue weighted by molar-refractivity contribution is 0.170. The second-order valence-electron chi connectivity index (χ2n) is 6.46. The maximum Gasteiger partial charge on any atom is 0.123 e. The Balaban J connectivity index is 1.35. The fourth-order valence-corrected chi connectivity index (χ4v) is 4.58. The molecule has 1 atom stereocenters. The Kier molecular flexibility index (Phi) is 4.71. The number of nitrogens with zero attached hydrogens (tertiary/aromatic N) is 3. The molecule has 122 valence electrons. The van der Waals surface area contributed by atoms with Crippen LogP contribution < -0.4 is 5.32 Å². The van der Waals surface area contributed by atoms with Crippen LogP contribution in [0.25, 0.3) is 10.6 Å². The second-order valence-corrected chi connectivity index (χ2v) is 7.58. The summed E-state index contributed by atoms with van der Waals surface area (Å²) in [5, 5.41) is 4.58. The van der Waals surface area contributed by atoms with E-state index in [0.29, 0.717) is 0 Å². The van der Waals surface area contributed by atoms with Crippen LogP contribution in [-0.2, 0) is 6.54 Å². The molecule has 23 heavy (non-hydrogen) atoms. The summed E-state index contributed by atoms with van der Waals surface area (Å²) in [4.78, 5) is 11.2. The minimum absolute atomic E-state index is 0.749. The van der Waals surface area contributed by atoms with E-state index in [-0.39, 0.29) is 0 Å². The minimum atomic E-state index is 0.749. The summed E-state index contributed by atoms with van der Waals surface area (Å²) in [5.41, 5.74) is 1.23. The Morgan fingerprint density at radius 3 is 2.78 bits per heavy atom. The molecule has 0 bridgehead atoms. The number of thiazole rings is 1. The van der Waals surface area contributed by atoms with Crippen LogP contribution in [0.3, 0.4) is 0 Å². The van der Waals surface area contributed by atoms with E-state index in [1.807, 2.05) is 11.3 Å². The zero-order chi connectivity index (χ0) is 15.5. The van der Waals surface area contributed by atoms with Gasteiger partial charge in [0, 0.05) is 68.5 Å². The van der Waals surface area contributed by atoms with Crippen LogP contribution in [0.1, 0.15) is 11.3 Å². The van der Waals surface area contributed by atoms with E-state index in [0.717, 1.165) is 30.7 Å². The summed E-state index contributed by atoms with van der Waals surface area (Å²) in [7, 11) is 0. The van der Waals surface area contributed by atoms with Crippen LogP contribution in [0, 0.1) is 0 Å². The largest absolute Gasteiger partial charge is 0.314 e. The standard InChI is InChI=1S/C18H24N4S/c1-2-4-15(5-3-1)18-20-12-17(23-18)14-21-9-6-16(13-21)22-10-7-19-8-11-22/h1-5,12,16,19H,6-11,13-14H2. The van der Waals surface area contributed by atoms with Crippen molar-refractivity contribution >= 4 is 11.3 Å². The molecule has 2 aromatic rings. The summed E-state index contributed by atoms with van der Waals surface area (Å²) >= 11 is 1.83. The molecule has 0 saturated carbocycles. The van der Waals surface area contributed by atoms with Crippen molar-refractivity contribution in [1.29, 1.82) is 0 Å². The highest BCUT2D eigenvalue weighted by molar-refractivity contribution is 7.15. The summed E-state index contributed by atoms with van der Waals surface area (Å²) in [5.74, 6) is 0. The number of piperazine rings is 1. The normalized spacial score (nSPS) is 23.4. The van der Waals surface area contributed by atoms with Gasteiger partial charge in [0.05, 0.1) is 0 Å². The van der Waals surface area contributed by atoms with Crippen LogP contribution in [0.2, 0.25) is 0 Å². The summed E-state index contributed by atoms with van der Waals surface area (Å²) in [6.45, 7) is 8.17. The minimum Gasteiger partial charge on any atom is -0.314 e. The third kappa shape index (κ3) is 3.63. The molecule has 1 aromatic heterocycles. The number of aromatic nitrogens is 1. The van der Waals surface area contributed by atoms with Crippen LogP contribution in [-0.4, -0.2) is 60.1 Å².